The predicted molar refractivity (Wildman–Crippen MR) is 123 cm³/mol. The first-order chi connectivity index (χ1) is 15.3. The van der Waals surface area contributed by atoms with E-state index in [1.165, 1.54) is 36.3 Å². The Hall–Kier alpha value is -3.45. The van der Waals surface area contributed by atoms with Crippen molar-refractivity contribution in [2.24, 2.45) is 0 Å². The zero-order chi connectivity index (χ0) is 23.0. The van der Waals surface area contributed by atoms with E-state index in [1.807, 2.05) is 19.1 Å². The number of ketones is 1. The molecule has 7 heteroatoms. The number of hydrogen-bond donors (Lipinski definition) is 1. The quantitative estimate of drug-likeness (QED) is 0.293. The second-order valence-electron chi connectivity index (χ2n) is 7.41. The van der Waals surface area contributed by atoms with Crippen molar-refractivity contribution in [2.75, 3.05) is 12.0 Å². The van der Waals surface area contributed by atoms with Gasteiger partial charge in [-0.05, 0) is 70.9 Å². The molecule has 0 aromatic heterocycles. The lowest BCUT2D eigenvalue weighted by Gasteiger charge is -2.25. The van der Waals surface area contributed by atoms with Gasteiger partial charge in [-0.3, -0.25) is 14.5 Å². The molecule has 0 bridgehead atoms. The number of carbonyl (C=O) groups is 2. The molecular formula is C25H19BrFNO4. The number of aliphatic hydroxyl groups excluding tert-OH is 1. The largest absolute Gasteiger partial charge is 0.507 e. The van der Waals surface area contributed by atoms with Crippen molar-refractivity contribution in [1.29, 1.82) is 0 Å². The maximum absolute atomic E-state index is 13.6. The van der Waals surface area contributed by atoms with E-state index in [-0.39, 0.29) is 11.3 Å². The van der Waals surface area contributed by atoms with Crippen LogP contribution in [0.1, 0.15) is 22.7 Å². The maximum atomic E-state index is 13.6. The van der Waals surface area contributed by atoms with Gasteiger partial charge >= 0.3 is 0 Å². The number of aliphatic hydroxyl groups is 1. The van der Waals surface area contributed by atoms with Gasteiger partial charge in [0.25, 0.3) is 11.7 Å². The van der Waals surface area contributed by atoms with Crippen molar-refractivity contribution < 1.29 is 23.8 Å². The van der Waals surface area contributed by atoms with Gasteiger partial charge in [0.05, 0.1) is 23.2 Å². The third-order valence-electron chi connectivity index (χ3n) is 5.37. The number of carbonyl (C=O) groups excluding carboxylic acids is 2. The number of anilines is 1. The van der Waals surface area contributed by atoms with Gasteiger partial charge in [-0.25, -0.2) is 4.39 Å². The molecule has 162 valence electrons. The van der Waals surface area contributed by atoms with Crippen molar-refractivity contribution >= 4 is 39.1 Å². The Balaban J connectivity index is 1.93. The van der Waals surface area contributed by atoms with E-state index >= 15 is 0 Å². The van der Waals surface area contributed by atoms with Gasteiger partial charge in [0, 0.05) is 11.3 Å². The van der Waals surface area contributed by atoms with Gasteiger partial charge in [-0.2, -0.15) is 0 Å². The highest BCUT2D eigenvalue weighted by Gasteiger charge is 2.47. The lowest BCUT2D eigenvalue weighted by molar-refractivity contribution is -0.132. The average molecular weight is 496 g/mol. The molecule has 0 radical (unpaired) electrons. The van der Waals surface area contributed by atoms with Gasteiger partial charge in [0.1, 0.15) is 17.3 Å². The molecule has 1 atom stereocenters. The highest BCUT2D eigenvalue weighted by molar-refractivity contribution is 9.10. The molecule has 1 aliphatic heterocycles. The number of hydrogen-bond acceptors (Lipinski definition) is 4. The normalized spacial score (nSPS) is 17.6. The van der Waals surface area contributed by atoms with Crippen molar-refractivity contribution in [3.05, 3.63) is 99.3 Å². The summed E-state index contributed by atoms with van der Waals surface area (Å²) in [6, 6.07) is 16.6. The number of rotatable bonds is 4. The van der Waals surface area contributed by atoms with Crippen LogP contribution in [-0.2, 0) is 9.59 Å². The number of halogens is 2. The summed E-state index contributed by atoms with van der Waals surface area (Å²) in [5.41, 5.74) is 2.26. The number of amides is 1. The maximum Gasteiger partial charge on any atom is 0.300 e. The summed E-state index contributed by atoms with van der Waals surface area (Å²) in [5.74, 6) is -1.80. The number of aryl methyl sites for hydroxylation is 1. The van der Waals surface area contributed by atoms with Crippen molar-refractivity contribution in [3.8, 4) is 5.75 Å². The molecule has 5 nitrogen and oxygen atoms in total. The molecule has 32 heavy (non-hydrogen) atoms. The van der Waals surface area contributed by atoms with Crippen LogP contribution in [0.5, 0.6) is 5.75 Å². The molecule has 3 aromatic carbocycles. The Bertz CT molecular complexity index is 1240. The molecule has 0 aliphatic carbocycles. The lowest BCUT2D eigenvalue weighted by atomic mass is 9.95. The van der Waals surface area contributed by atoms with E-state index in [2.05, 4.69) is 15.9 Å². The van der Waals surface area contributed by atoms with E-state index in [1.54, 1.807) is 30.3 Å². The van der Waals surface area contributed by atoms with Gasteiger partial charge in [-0.15, -0.1) is 0 Å². The van der Waals surface area contributed by atoms with Crippen LogP contribution in [0.4, 0.5) is 10.1 Å². The van der Waals surface area contributed by atoms with Crippen LogP contribution >= 0.6 is 15.9 Å². The van der Waals surface area contributed by atoms with Crippen LogP contribution in [0.3, 0.4) is 0 Å². The van der Waals surface area contributed by atoms with Gasteiger partial charge in [0.15, 0.2) is 0 Å². The lowest BCUT2D eigenvalue weighted by Crippen LogP contribution is -2.29. The fraction of sp³-hybridized carbons (Fsp3) is 0.120. The zero-order valence-corrected chi connectivity index (χ0v) is 18.9. The second-order valence-corrected chi connectivity index (χ2v) is 8.26. The number of nitrogens with zero attached hydrogens (tertiary/aromatic N) is 1. The van der Waals surface area contributed by atoms with E-state index in [4.69, 9.17) is 4.74 Å². The van der Waals surface area contributed by atoms with Gasteiger partial charge in [0.2, 0.25) is 0 Å². The van der Waals surface area contributed by atoms with Crippen LogP contribution in [0.25, 0.3) is 5.76 Å². The molecule has 1 heterocycles. The average Bonchev–Trinajstić information content (AvgIpc) is 3.05. The second kappa shape index (κ2) is 8.59. The third kappa shape index (κ3) is 3.80. The Labute approximate surface area is 192 Å². The first-order valence-corrected chi connectivity index (χ1v) is 10.6. The Morgan fingerprint density at radius 2 is 1.69 bits per heavy atom. The standard InChI is InChI=1S/C25H19BrFNO4/c1-14-3-10-18(11-4-14)28-22(15-5-8-17(27)9-6-15)21(24(30)25(28)31)23(29)16-7-12-20(32-2)19(26)13-16/h3-13,22,29H,1-2H3/b23-21-. The minimum atomic E-state index is -0.917. The molecule has 0 saturated carbocycles. The van der Waals surface area contributed by atoms with Crippen LogP contribution in [0, 0.1) is 12.7 Å². The number of methoxy groups -OCH3 is 1. The number of benzene rings is 3. The first-order valence-electron chi connectivity index (χ1n) is 9.79. The minimum absolute atomic E-state index is 0.0701. The van der Waals surface area contributed by atoms with Crippen molar-refractivity contribution in [1.82, 2.24) is 0 Å². The van der Waals surface area contributed by atoms with Crippen molar-refractivity contribution in [3.63, 3.8) is 0 Å². The Morgan fingerprint density at radius 3 is 2.28 bits per heavy atom. The highest BCUT2D eigenvalue weighted by Crippen LogP contribution is 2.42. The summed E-state index contributed by atoms with van der Waals surface area (Å²) >= 11 is 3.37. The number of Topliss-reactive ketones (excluding diaryl/α,β-unsaturated/α-hetero) is 1. The third-order valence-corrected chi connectivity index (χ3v) is 5.99. The molecule has 1 aliphatic rings. The molecular weight excluding hydrogens is 477 g/mol. The van der Waals surface area contributed by atoms with Crippen LogP contribution in [0.2, 0.25) is 0 Å². The zero-order valence-electron chi connectivity index (χ0n) is 17.3. The fourth-order valence-electron chi connectivity index (χ4n) is 3.73. The minimum Gasteiger partial charge on any atom is -0.507 e. The van der Waals surface area contributed by atoms with Crippen molar-refractivity contribution in [2.45, 2.75) is 13.0 Å². The summed E-state index contributed by atoms with van der Waals surface area (Å²) in [5, 5.41) is 11.1. The Kier molecular flexibility index (Phi) is 5.84. The molecule has 1 unspecified atom stereocenters. The summed E-state index contributed by atoms with van der Waals surface area (Å²) in [7, 11) is 1.52. The summed E-state index contributed by atoms with van der Waals surface area (Å²) in [4.78, 5) is 27.5. The summed E-state index contributed by atoms with van der Waals surface area (Å²) in [6.07, 6.45) is 0. The summed E-state index contributed by atoms with van der Waals surface area (Å²) < 4.78 is 19.4. The topological polar surface area (TPSA) is 66.8 Å². The molecule has 4 rings (SSSR count). The summed E-state index contributed by atoms with van der Waals surface area (Å²) in [6.45, 7) is 1.91. The molecule has 1 N–H and O–H groups in total. The van der Waals surface area contributed by atoms with E-state index in [0.29, 0.717) is 27.0 Å². The SMILES string of the molecule is COc1ccc(/C(O)=C2/C(=O)C(=O)N(c3ccc(C)cc3)C2c2ccc(F)cc2)cc1Br. The smallest absolute Gasteiger partial charge is 0.300 e. The van der Waals surface area contributed by atoms with E-state index < -0.39 is 23.5 Å². The van der Waals surface area contributed by atoms with E-state index in [9.17, 15) is 19.1 Å². The highest BCUT2D eigenvalue weighted by atomic mass is 79.9. The predicted octanol–water partition coefficient (Wildman–Crippen LogP) is 5.53. The van der Waals surface area contributed by atoms with Crippen LogP contribution < -0.4 is 9.64 Å². The van der Waals surface area contributed by atoms with Gasteiger partial charge < -0.3 is 9.84 Å². The first kappa shape index (κ1) is 21.8. The molecule has 1 fully saturated rings. The monoisotopic (exact) mass is 495 g/mol. The number of ether oxygens (including phenoxy) is 1. The fourth-order valence-corrected chi connectivity index (χ4v) is 4.27. The molecule has 0 spiro atoms. The molecule has 1 amide bonds. The van der Waals surface area contributed by atoms with E-state index in [0.717, 1.165) is 5.56 Å². The van der Waals surface area contributed by atoms with Gasteiger partial charge in [-0.1, -0.05) is 29.8 Å². The van der Waals surface area contributed by atoms with Crippen LogP contribution in [0.15, 0.2) is 76.8 Å². The van der Waals surface area contributed by atoms with Crippen LogP contribution in [-0.4, -0.2) is 23.9 Å². The molecule has 1 saturated heterocycles. The molecule has 3 aromatic rings. The Morgan fingerprint density at radius 1 is 1.03 bits per heavy atom.